The Bertz CT molecular complexity index is 285. The zero-order chi connectivity index (χ0) is 8.97. The highest BCUT2D eigenvalue weighted by atomic mass is 79.9. The fourth-order valence-corrected chi connectivity index (χ4v) is 2.20. The third-order valence-corrected chi connectivity index (χ3v) is 4.47. The number of imidazole rings is 1. The van der Waals surface area contributed by atoms with Crippen molar-refractivity contribution in [2.45, 2.75) is 5.16 Å². The van der Waals surface area contributed by atoms with Crippen molar-refractivity contribution in [3.63, 3.8) is 0 Å². The van der Waals surface area contributed by atoms with Gasteiger partial charge in [0.05, 0.1) is 7.05 Å². The normalized spacial score (nSPS) is 11.2. The molecule has 1 aromatic rings. The van der Waals surface area contributed by atoms with Crippen LogP contribution in [0.25, 0.3) is 0 Å². The van der Waals surface area contributed by atoms with Gasteiger partial charge in [0.25, 0.3) is 0 Å². The number of halogens is 3. The smallest absolute Gasteiger partial charge is 0.315 e. The topological polar surface area (TPSA) is 19.7 Å². The van der Waals surface area contributed by atoms with Gasteiger partial charge in [0, 0.05) is 10.2 Å². The van der Waals surface area contributed by atoms with Gasteiger partial charge in [-0.15, -0.1) is 0 Å². The van der Waals surface area contributed by atoms with Gasteiger partial charge in [-0.3, -0.25) is 0 Å². The molecule has 74 valence electrons. The molecule has 0 fully saturated rings. The summed E-state index contributed by atoms with van der Waals surface area (Å²) in [5.74, 6) is 0.930. The molecule has 1 rings (SSSR count). The van der Waals surface area contributed by atoms with Crippen LogP contribution in [0.4, 0.5) is 0 Å². The van der Waals surface area contributed by atoms with Crippen molar-refractivity contribution >= 4 is 43.6 Å². The van der Waals surface area contributed by atoms with Crippen LogP contribution >= 0.6 is 43.6 Å². The van der Waals surface area contributed by atoms with Gasteiger partial charge >= 0.3 is 5.16 Å². The third kappa shape index (κ3) is 4.67. The van der Waals surface area contributed by atoms with Crippen LogP contribution in [0.15, 0.2) is 27.0 Å². The molecule has 0 spiro atoms. The third-order valence-electron chi connectivity index (χ3n) is 1.29. The fraction of sp³-hybridized carbons (Fsp3) is 0.286. The van der Waals surface area contributed by atoms with Crippen LogP contribution < -0.4 is 21.5 Å². The van der Waals surface area contributed by atoms with Crippen LogP contribution in [0, 0.1) is 0 Å². The molecule has 1 N–H and O–H groups in total. The van der Waals surface area contributed by atoms with E-state index in [9.17, 15) is 0 Å². The number of hydrogen-bond acceptors (Lipinski definition) is 1. The molecule has 0 radical (unpaired) electrons. The summed E-state index contributed by atoms with van der Waals surface area (Å²) in [5, 5.41) is 1.15. The highest BCUT2D eigenvalue weighted by Gasteiger charge is 2.06. The van der Waals surface area contributed by atoms with E-state index in [1.54, 1.807) is 11.8 Å². The Morgan fingerprint density at radius 3 is 2.92 bits per heavy atom. The molecule has 13 heavy (non-hydrogen) atoms. The largest absolute Gasteiger partial charge is 1.00 e. The van der Waals surface area contributed by atoms with Crippen LogP contribution in [-0.4, -0.2) is 10.7 Å². The van der Waals surface area contributed by atoms with E-state index in [1.807, 2.05) is 24.4 Å². The van der Waals surface area contributed by atoms with Crippen LogP contribution in [-0.2, 0) is 7.05 Å². The Labute approximate surface area is 109 Å². The molecule has 2 nitrogen and oxygen atoms in total. The molecule has 0 amide bonds. The summed E-state index contributed by atoms with van der Waals surface area (Å²) in [6.45, 7) is 0. The fourth-order valence-electron chi connectivity index (χ4n) is 0.702. The summed E-state index contributed by atoms with van der Waals surface area (Å²) in [5.41, 5.74) is 0. The molecule has 0 aliphatic carbocycles. The summed E-state index contributed by atoms with van der Waals surface area (Å²) in [4.78, 5) is 5.03. The van der Waals surface area contributed by atoms with E-state index in [0.717, 1.165) is 15.4 Å². The Kier molecular flexibility index (Phi) is 7.49. The van der Waals surface area contributed by atoms with Crippen molar-refractivity contribution in [3.05, 3.63) is 21.9 Å². The second-order valence-corrected chi connectivity index (χ2v) is 4.66. The molecule has 0 atom stereocenters. The second-order valence-electron chi connectivity index (χ2n) is 2.22. The van der Waals surface area contributed by atoms with Gasteiger partial charge in [0.1, 0.15) is 12.4 Å². The minimum absolute atomic E-state index is 0. The van der Waals surface area contributed by atoms with Crippen LogP contribution in [0.2, 0.25) is 0 Å². The minimum Gasteiger partial charge on any atom is -1.00 e. The van der Waals surface area contributed by atoms with E-state index in [0.29, 0.717) is 0 Å². The summed E-state index contributed by atoms with van der Waals surface area (Å²) in [6, 6.07) is 0. The molecule has 0 bridgehead atoms. The van der Waals surface area contributed by atoms with Crippen LogP contribution in [0.5, 0.6) is 0 Å². The van der Waals surface area contributed by atoms with Crippen LogP contribution in [0.3, 0.4) is 0 Å². The van der Waals surface area contributed by atoms with Gasteiger partial charge in [-0.1, -0.05) is 31.9 Å². The van der Waals surface area contributed by atoms with Gasteiger partial charge in [-0.2, -0.15) is 0 Å². The van der Waals surface area contributed by atoms with E-state index in [4.69, 9.17) is 0 Å². The Balaban J connectivity index is 0.00000144. The van der Waals surface area contributed by atoms with Gasteiger partial charge in [0.2, 0.25) is 0 Å². The predicted molar refractivity (Wildman–Crippen MR) is 58.6 cm³/mol. The van der Waals surface area contributed by atoms with E-state index in [2.05, 4.69) is 41.4 Å². The number of rotatable bonds is 3. The first-order chi connectivity index (χ1) is 5.74. The van der Waals surface area contributed by atoms with Crippen LogP contribution in [0.1, 0.15) is 0 Å². The Hall–Kier alpha value is 0.740. The first kappa shape index (κ1) is 13.7. The minimum atomic E-state index is 0. The molecule has 0 saturated heterocycles. The van der Waals surface area contributed by atoms with E-state index >= 15 is 0 Å². The molecular formula is C7H9Br3N2S. The van der Waals surface area contributed by atoms with Gasteiger partial charge in [-0.05, 0) is 16.7 Å². The first-order valence-corrected chi connectivity index (χ1v) is 6.04. The van der Waals surface area contributed by atoms with Crippen molar-refractivity contribution in [2.75, 3.05) is 5.75 Å². The van der Waals surface area contributed by atoms with Crippen molar-refractivity contribution < 1.29 is 21.5 Å². The lowest BCUT2D eigenvalue weighted by Crippen LogP contribution is -3.00. The van der Waals surface area contributed by atoms with Crippen molar-refractivity contribution in [3.8, 4) is 0 Å². The highest BCUT2D eigenvalue weighted by Crippen LogP contribution is 2.19. The highest BCUT2D eigenvalue weighted by molar-refractivity contribution is 9.14. The number of aromatic nitrogens is 2. The standard InChI is InChI=1S/C7H8Br2N2S.BrH/c1-11-3-2-10-7(11)12-5-6(9)4-8;/h2-4H,5H2,1H3;1H/b6-4+;. The Morgan fingerprint density at radius 2 is 2.46 bits per heavy atom. The molecule has 0 aliphatic rings. The lowest BCUT2D eigenvalue weighted by Gasteiger charge is -1.93. The molecule has 1 aromatic heterocycles. The maximum Gasteiger partial charge on any atom is 0.315 e. The SMILES string of the molecule is C[n+]1cc[nH]c1SC/C(Br)=C\Br.[Br-]. The second kappa shape index (κ2) is 7.09. The monoisotopic (exact) mass is 390 g/mol. The number of hydrogen-bond donors (Lipinski definition) is 1. The summed E-state index contributed by atoms with van der Waals surface area (Å²) in [6.07, 6.45) is 3.92. The lowest BCUT2D eigenvalue weighted by atomic mass is 10.8. The zero-order valence-corrected chi connectivity index (χ0v) is 12.5. The molecule has 6 heteroatoms. The molecule has 0 aromatic carbocycles. The maximum atomic E-state index is 3.42. The van der Waals surface area contributed by atoms with Gasteiger partial charge < -0.3 is 17.0 Å². The molecule has 1 heterocycles. The number of H-pyrrole nitrogens is 1. The van der Waals surface area contributed by atoms with Crippen molar-refractivity contribution in [2.24, 2.45) is 7.05 Å². The molecule has 0 saturated carbocycles. The van der Waals surface area contributed by atoms with Crippen molar-refractivity contribution in [1.82, 2.24) is 4.98 Å². The van der Waals surface area contributed by atoms with Gasteiger partial charge in [0.15, 0.2) is 0 Å². The predicted octanol–water partition coefficient (Wildman–Crippen LogP) is -0.433. The quantitative estimate of drug-likeness (QED) is 0.546. The average Bonchev–Trinajstić information content (AvgIpc) is 2.47. The number of thioether (sulfide) groups is 1. The first-order valence-electron chi connectivity index (χ1n) is 3.34. The summed E-state index contributed by atoms with van der Waals surface area (Å²) < 4.78 is 3.20. The van der Waals surface area contributed by atoms with E-state index in [-0.39, 0.29) is 17.0 Å². The number of nitrogens with zero attached hydrogens (tertiary/aromatic N) is 1. The lowest BCUT2D eigenvalue weighted by molar-refractivity contribution is -0.708. The summed E-state index contributed by atoms with van der Waals surface area (Å²) >= 11 is 8.42. The van der Waals surface area contributed by atoms with Gasteiger partial charge in [-0.25, -0.2) is 9.55 Å². The number of nitrogens with one attached hydrogen (secondary N) is 1. The Morgan fingerprint density at radius 1 is 1.77 bits per heavy atom. The zero-order valence-electron chi connectivity index (χ0n) is 6.93. The van der Waals surface area contributed by atoms with E-state index in [1.165, 1.54) is 0 Å². The maximum absolute atomic E-state index is 3.42. The van der Waals surface area contributed by atoms with Crippen molar-refractivity contribution in [1.29, 1.82) is 0 Å². The average molecular weight is 393 g/mol. The molecular weight excluding hydrogens is 384 g/mol. The molecule has 0 aliphatic heterocycles. The number of aromatic amines is 1. The number of aryl methyl sites for hydroxylation is 1. The summed E-state index contributed by atoms with van der Waals surface area (Å²) in [7, 11) is 2.02. The molecule has 0 unspecified atom stereocenters. The van der Waals surface area contributed by atoms with E-state index < -0.39 is 0 Å².